The zero-order chi connectivity index (χ0) is 22.6. The predicted molar refractivity (Wildman–Crippen MR) is 131 cm³/mol. The molecule has 2 heterocycles. The molecule has 0 N–H and O–H groups in total. The van der Waals surface area contributed by atoms with Gasteiger partial charge in [-0.1, -0.05) is 31.9 Å². The smallest absolute Gasteiger partial charge is 0.228 e. The highest BCUT2D eigenvalue weighted by atomic mass is 79.9. The number of carbonyl (C=O) groups excluding carboxylic acids is 2. The molecule has 0 saturated carbocycles. The van der Waals surface area contributed by atoms with Gasteiger partial charge in [0.25, 0.3) is 0 Å². The quantitative estimate of drug-likeness (QED) is 0.214. The van der Waals surface area contributed by atoms with Crippen LogP contribution < -0.4 is 0 Å². The standard InChI is InChI=1S/C26H16Br2O4/c1-13-19-11-12-20-21(14(2)25(31-20)23(30)16-5-9-18(28)10-6-16)26(19)32-24(13)22(29)15-3-7-17(27)8-4-15/h3-12H,1-2H3. The SMILES string of the molecule is Cc1c(C(=O)c2ccc(Br)cc2)oc2c1ccc1oc(C(=O)c3ccc(Br)cc3)c(C)c12. The van der Waals surface area contributed by atoms with E-state index in [9.17, 15) is 9.59 Å². The number of ketones is 2. The Bertz CT molecular complexity index is 1520. The number of benzene rings is 3. The van der Waals surface area contributed by atoms with E-state index in [1.165, 1.54) is 0 Å². The average Bonchev–Trinajstić information content (AvgIpc) is 3.31. The molecule has 5 aromatic rings. The molecular weight excluding hydrogens is 536 g/mol. The number of halogens is 2. The monoisotopic (exact) mass is 550 g/mol. The van der Waals surface area contributed by atoms with Crippen molar-refractivity contribution >= 4 is 65.4 Å². The molecule has 0 atom stereocenters. The summed E-state index contributed by atoms with van der Waals surface area (Å²) in [6, 6.07) is 18.0. The van der Waals surface area contributed by atoms with Gasteiger partial charge in [-0.25, -0.2) is 0 Å². The van der Waals surface area contributed by atoms with E-state index in [2.05, 4.69) is 31.9 Å². The molecule has 0 radical (unpaired) electrons. The summed E-state index contributed by atoms with van der Waals surface area (Å²) < 4.78 is 13.9. The molecule has 0 amide bonds. The van der Waals surface area contributed by atoms with Crippen molar-refractivity contribution in [2.75, 3.05) is 0 Å². The third-order valence-corrected chi connectivity index (χ3v) is 6.68. The number of rotatable bonds is 4. The van der Waals surface area contributed by atoms with E-state index >= 15 is 0 Å². The number of furan rings is 2. The molecule has 0 aliphatic carbocycles. The van der Waals surface area contributed by atoms with Crippen molar-refractivity contribution in [2.45, 2.75) is 13.8 Å². The summed E-state index contributed by atoms with van der Waals surface area (Å²) in [5, 5.41) is 1.53. The number of aryl methyl sites for hydroxylation is 2. The largest absolute Gasteiger partial charge is 0.452 e. The first kappa shape index (κ1) is 20.9. The summed E-state index contributed by atoms with van der Waals surface area (Å²) in [6.45, 7) is 3.71. The van der Waals surface area contributed by atoms with Gasteiger partial charge in [-0.2, -0.15) is 0 Å². The highest BCUT2D eigenvalue weighted by Gasteiger charge is 2.25. The molecule has 6 heteroatoms. The minimum absolute atomic E-state index is 0.188. The molecule has 0 aliphatic rings. The van der Waals surface area contributed by atoms with Gasteiger partial charge in [0.05, 0.1) is 5.39 Å². The van der Waals surface area contributed by atoms with Gasteiger partial charge >= 0.3 is 0 Å². The molecule has 2 aromatic heterocycles. The molecule has 32 heavy (non-hydrogen) atoms. The topological polar surface area (TPSA) is 60.4 Å². The van der Waals surface area contributed by atoms with Crippen LogP contribution in [0.3, 0.4) is 0 Å². The highest BCUT2D eigenvalue weighted by molar-refractivity contribution is 9.10. The van der Waals surface area contributed by atoms with E-state index in [1.54, 1.807) is 24.3 Å². The predicted octanol–water partition coefficient (Wildman–Crippen LogP) is 7.78. The summed E-state index contributed by atoms with van der Waals surface area (Å²) in [6.07, 6.45) is 0. The lowest BCUT2D eigenvalue weighted by Gasteiger charge is -1.99. The summed E-state index contributed by atoms with van der Waals surface area (Å²) in [7, 11) is 0. The van der Waals surface area contributed by atoms with Gasteiger partial charge < -0.3 is 8.83 Å². The van der Waals surface area contributed by atoms with Crippen LogP contribution in [0, 0.1) is 13.8 Å². The minimum Gasteiger partial charge on any atom is -0.452 e. The van der Waals surface area contributed by atoms with Crippen molar-refractivity contribution in [3.63, 3.8) is 0 Å². The van der Waals surface area contributed by atoms with Gasteiger partial charge in [0.1, 0.15) is 11.2 Å². The summed E-state index contributed by atoms with van der Waals surface area (Å²) >= 11 is 6.77. The Hall–Kier alpha value is -2.96. The zero-order valence-electron chi connectivity index (χ0n) is 17.2. The van der Waals surface area contributed by atoms with Crippen molar-refractivity contribution in [3.05, 3.63) is 103 Å². The van der Waals surface area contributed by atoms with Crippen molar-refractivity contribution < 1.29 is 18.4 Å². The molecule has 3 aromatic carbocycles. The normalized spacial score (nSPS) is 11.4. The van der Waals surface area contributed by atoms with Crippen molar-refractivity contribution in [1.82, 2.24) is 0 Å². The van der Waals surface area contributed by atoms with Crippen LogP contribution in [-0.4, -0.2) is 11.6 Å². The van der Waals surface area contributed by atoms with Crippen molar-refractivity contribution in [2.24, 2.45) is 0 Å². The van der Waals surface area contributed by atoms with Crippen LogP contribution in [0.5, 0.6) is 0 Å². The van der Waals surface area contributed by atoms with Crippen LogP contribution >= 0.6 is 31.9 Å². The van der Waals surface area contributed by atoms with E-state index in [4.69, 9.17) is 8.83 Å². The van der Waals surface area contributed by atoms with Crippen LogP contribution in [0.15, 0.2) is 78.4 Å². The fraction of sp³-hybridized carbons (Fsp3) is 0.0769. The summed E-state index contributed by atoms with van der Waals surface area (Å²) in [5.41, 5.74) is 3.63. The van der Waals surface area contributed by atoms with Gasteiger partial charge in [-0.15, -0.1) is 0 Å². The second-order valence-corrected chi connectivity index (χ2v) is 9.43. The Labute approximate surface area is 200 Å². The molecule has 5 rings (SSSR count). The first-order chi connectivity index (χ1) is 15.3. The van der Waals surface area contributed by atoms with E-state index in [0.717, 1.165) is 19.9 Å². The second kappa shape index (κ2) is 7.87. The molecule has 0 unspecified atom stereocenters. The number of fused-ring (bicyclic) bond motifs is 3. The lowest BCUT2D eigenvalue weighted by Crippen LogP contribution is -2.01. The Balaban J connectivity index is 1.66. The van der Waals surface area contributed by atoms with Crippen molar-refractivity contribution in [3.8, 4) is 0 Å². The molecule has 158 valence electrons. The van der Waals surface area contributed by atoms with Crippen LogP contribution in [0.4, 0.5) is 0 Å². The highest BCUT2D eigenvalue weighted by Crippen LogP contribution is 2.37. The van der Waals surface area contributed by atoms with Gasteiger partial charge in [0.15, 0.2) is 11.5 Å². The van der Waals surface area contributed by atoms with E-state index < -0.39 is 0 Å². The number of hydrogen-bond acceptors (Lipinski definition) is 4. The first-order valence-corrected chi connectivity index (χ1v) is 11.5. The van der Waals surface area contributed by atoms with Crippen LogP contribution in [0.1, 0.15) is 43.4 Å². The first-order valence-electron chi connectivity index (χ1n) is 9.91. The van der Waals surface area contributed by atoms with Gasteiger partial charge in [0, 0.05) is 36.6 Å². The van der Waals surface area contributed by atoms with Crippen molar-refractivity contribution in [1.29, 1.82) is 0 Å². The molecule has 0 aliphatic heterocycles. The zero-order valence-corrected chi connectivity index (χ0v) is 20.3. The second-order valence-electron chi connectivity index (χ2n) is 7.60. The summed E-state index contributed by atoms with van der Waals surface area (Å²) in [5.74, 6) is 0.168. The lowest BCUT2D eigenvalue weighted by atomic mass is 10.0. The molecule has 4 nitrogen and oxygen atoms in total. The Morgan fingerprint density at radius 3 is 1.69 bits per heavy atom. The fourth-order valence-corrected chi connectivity index (χ4v) is 4.43. The van der Waals surface area contributed by atoms with Gasteiger partial charge in [-0.3, -0.25) is 9.59 Å². The van der Waals surface area contributed by atoms with E-state index in [-0.39, 0.29) is 23.1 Å². The van der Waals surface area contributed by atoms with Crippen LogP contribution in [0.25, 0.3) is 21.9 Å². The molecule has 0 spiro atoms. The van der Waals surface area contributed by atoms with Gasteiger partial charge in [-0.05, 0) is 74.5 Å². The minimum atomic E-state index is -0.200. The lowest BCUT2D eigenvalue weighted by molar-refractivity contribution is 0.100. The maximum Gasteiger partial charge on any atom is 0.228 e. The maximum atomic E-state index is 13.1. The number of hydrogen-bond donors (Lipinski definition) is 0. The van der Waals surface area contributed by atoms with Crippen LogP contribution in [-0.2, 0) is 0 Å². The molecule has 0 fully saturated rings. The Morgan fingerprint density at radius 2 is 1.16 bits per heavy atom. The third kappa shape index (κ3) is 3.34. The van der Waals surface area contributed by atoms with E-state index in [1.807, 2.05) is 50.2 Å². The number of carbonyl (C=O) groups is 2. The fourth-order valence-electron chi connectivity index (χ4n) is 3.91. The summed E-state index contributed by atoms with van der Waals surface area (Å²) in [4.78, 5) is 26.2. The third-order valence-electron chi connectivity index (χ3n) is 5.62. The molecule has 0 saturated heterocycles. The Morgan fingerprint density at radius 1 is 0.656 bits per heavy atom. The average molecular weight is 552 g/mol. The molecular formula is C26H16Br2O4. The van der Waals surface area contributed by atoms with Crippen LogP contribution in [0.2, 0.25) is 0 Å². The maximum absolute atomic E-state index is 13.1. The van der Waals surface area contributed by atoms with E-state index in [0.29, 0.717) is 33.2 Å². The van der Waals surface area contributed by atoms with Gasteiger partial charge in [0.2, 0.25) is 11.6 Å². The Kier molecular flexibility index (Phi) is 5.14. The molecule has 0 bridgehead atoms.